The van der Waals surface area contributed by atoms with Crippen LogP contribution < -0.4 is 11.1 Å². The first-order valence-electron chi connectivity index (χ1n) is 5.91. The van der Waals surface area contributed by atoms with Crippen molar-refractivity contribution < 1.29 is 4.79 Å². The lowest BCUT2D eigenvalue weighted by atomic mass is 9.98. The summed E-state index contributed by atoms with van der Waals surface area (Å²) in [5, 5.41) is 2.80. The van der Waals surface area contributed by atoms with Gasteiger partial charge in [0.05, 0.1) is 4.99 Å². The van der Waals surface area contributed by atoms with E-state index in [1.165, 1.54) is 0 Å². The van der Waals surface area contributed by atoms with Crippen molar-refractivity contribution in [2.45, 2.75) is 26.2 Å². The van der Waals surface area contributed by atoms with E-state index >= 15 is 0 Å². The second kappa shape index (κ2) is 6.81. The van der Waals surface area contributed by atoms with E-state index in [9.17, 15) is 4.79 Å². The lowest BCUT2D eigenvalue weighted by molar-refractivity contribution is -0.121. The van der Waals surface area contributed by atoms with Gasteiger partial charge in [-0.1, -0.05) is 12.2 Å². The summed E-state index contributed by atoms with van der Waals surface area (Å²) in [5.41, 5.74) is 5.66. The molecule has 5 heteroatoms. The van der Waals surface area contributed by atoms with Gasteiger partial charge in [0.25, 0.3) is 0 Å². The van der Waals surface area contributed by atoms with Gasteiger partial charge in [0.15, 0.2) is 0 Å². The molecule has 0 aromatic rings. The van der Waals surface area contributed by atoms with Gasteiger partial charge in [0.2, 0.25) is 5.91 Å². The molecule has 1 amide bonds. The minimum Gasteiger partial charge on any atom is -0.393 e. The number of nitrogens with zero attached hydrogens (tertiary/aromatic N) is 1. The van der Waals surface area contributed by atoms with E-state index in [1.54, 1.807) is 0 Å². The Morgan fingerprint density at radius 1 is 1.62 bits per heavy atom. The maximum atomic E-state index is 11.3. The summed E-state index contributed by atoms with van der Waals surface area (Å²) in [6.07, 6.45) is 2.78. The molecule has 1 unspecified atom stereocenters. The number of carbonyl (C=O) groups is 1. The molecule has 0 aromatic carbocycles. The summed E-state index contributed by atoms with van der Waals surface area (Å²) in [6, 6.07) is 0. The smallest absolute Gasteiger partial charge is 0.221 e. The molecule has 0 radical (unpaired) electrons. The predicted octanol–water partition coefficient (Wildman–Crippen LogP) is 0.511. The molecule has 0 aliphatic carbocycles. The van der Waals surface area contributed by atoms with Crippen LogP contribution in [0.5, 0.6) is 0 Å². The molecular weight excluding hydrogens is 222 g/mol. The molecule has 0 spiro atoms. The highest BCUT2D eigenvalue weighted by molar-refractivity contribution is 7.80. The van der Waals surface area contributed by atoms with Gasteiger partial charge in [-0.3, -0.25) is 4.79 Å². The molecule has 1 atom stereocenters. The van der Waals surface area contributed by atoms with Crippen LogP contribution in [0.3, 0.4) is 0 Å². The van der Waals surface area contributed by atoms with Gasteiger partial charge in [0, 0.05) is 32.0 Å². The van der Waals surface area contributed by atoms with Gasteiger partial charge >= 0.3 is 0 Å². The van der Waals surface area contributed by atoms with Crippen LogP contribution in [-0.2, 0) is 4.79 Å². The highest BCUT2D eigenvalue weighted by Gasteiger charge is 2.21. The summed E-state index contributed by atoms with van der Waals surface area (Å²) in [5.74, 6) is 0.456. The van der Waals surface area contributed by atoms with Crippen molar-refractivity contribution in [3.63, 3.8) is 0 Å². The molecule has 1 heterocycles. The summed E-state index contributed by atoms with van der Waals surface area (Å²) >= 11 is 5.02. The fourth-order valence-electron chi connectivity index (χ4n) is 2.04. The lowest BCUT2D eigenvalue weighted by Gasteiger charge is -2.31. The van der Waals surface area contributed by atoms with Crippen molar-refractivity contribution in [1.82, 2.24) is 10.2 Å². The van der Waals surface area contributed by atoms with Crippen LogP contribution in [0.4, 0.5) is 0 Å². The minimum atomic E-state index is 0.125. The average Bonchev–Trinajstić information content (AvgIpc) is 2.27. The highest BCUT2D eigenvalue weighted by Crippen LogP contribution is 2.16. The third-order valence-electron chi connectivity index (χ3n) is 2.94. The first-order valence-corrected chi connectivity index (χ1v) is 6.32. The van der Waals surface area contributed by atoms with E-state index in [1.807, 2.05) is 6.92 Å². The van der Waals surface area contributed by atoms with E-state index in [-0.39, 0.29) is 5.91 Å². The number of hydrogen-bond donors (Lipinski definition) is 2. The molecule has 16 heavy (non-hydrogen) atoms. The van der Waals surface area contributed by atoms with E-state index in [4.69, 9.17) is 18.0 Å². The van der Waals surface area contributed by atoms with Crippen LogP contribution in [0, 0.1) is 5.92 Å². The zero-order chi connectivity index (χ0) is 12.0. The Bertz CT molecular complexity index is 258. The molecule has 1 saturated heterocycles. The topological polar surface area (TPSA) is 58.4 Å². The Morgan fingerprint density at radius 2 is 2.38 bits per heavy atom. The van der Waals surface area contributed by atoms with Crippen LogP contribution in [0.15, 0.2) is 0 Å². The van der Waals surface area contributed by atoms with Gasteiger partial charge in [-0.25, -0.2) is 0 Å². The molecule has 0 aromatic heterocycles. The quantitative estimate of drug-likeness (QED) is 0.691. The maximum absolute atomic E-state index is 11.3. The summed E-state index contributed by atoms with van der Waals surface area (Å²) in [4.78, 5) is 14.2. The maximum Gasteiger partial charge on any atom is 0.221 e. The van der Waals surface area contributed by atoms with Crippen LogP contribution >= 0.6 is 12.2 Å². The normalized spacial score (nSPS) is 21.7. The van der Waals surface area contributed by atoms with Crippen LogP contribution in [0.2, 0.25) is 0 Å². The van der Waals surface area contributed by atoms with Crippen LogP contribution in [0.1, 0.15) is 26.2 Å². The third-order valence-corrected chi connectivity index (χ3v) is 3.27. The SMILES string of the molecule is CCNC(=O)CCN1CCCC(C(N)=S)C1. The van der Waals surface area contributed by atoms with Gasteiger partial charge in [-0.05, 0) is 26.3 Å². The van der Waals surface area contributed by atoms with Gasteiger partial charge in [-0.2, -0.15) is 0 Å². The second-order valence-corrected chi connectivity index (χ2v) is 4.72. The van der Waals surface area contributed by atoms with Crippen molar-refractivity contribution in [2.75, 3.05) is 26.2 Å². The third kappa shape index (κ3) is 4.45. The summed E-state index contributed by atoms with van der Waals surface area (Å²) < 4.78 is 0. The fraction of sp³-hybridized carbons (Fsp3) is 0.818. The number of carbonyl (C=O) groups excluding carboxylic acids is 1. The molecular formula is C11H21N3OS. The highest BCUT2D eigenvalue weighted by atomic mass is 32.1. The number of likely N-dealkylation sites (tertiary alicyclic amines) is 1. The van der Waals surface area contributed by atoms with Crippen molar-refractivity contribution in [1.29, 1.82) is 0 Å². The van der Waals surface area contributed by atoms with Gasteiger partial charge in [-0.15, -0.1) is 0 Å². The number of rotatable bonds is 5. The number of nitrogens with two attached hydrogens (primary N) is 1. The van der Waals surface area contributed by atoms with Crippen LogP contribution in [0.25, 0.3) is 0 Å². The Labute approximate surface area is 103 Å². The largest absolute Gasteiger partial charge is 0.393 e. The monoisotopic (exact) mass is 243 g/mol. The molecule has 92 valence electrons. The lowest BCUT2D eigenvalue weighted by Crippen LogP contribution is -2.41. The molecule has 1 fully saturated rings. The molecule has 1 rings (SSSR count). The van der Waals surface area contributed by atoms with Crippen molar-refractivity contribution in [3.8, 4) is 0 Å². The summed E-state index contributed by atoms with van der Waals surface area (Å²) in [7, 11) is 0. The van der Waals surface area contributed by atoms with Crippen molar-refractivity contribution in [2.24, 2.45) is 11.7 Å². The van der Waals surface area contributed by atoms with E-state index in [2.05, 4.69) is 10.2 Å². The Kier molecular flexibility index (Phi) is 5.69. The minimum absolute atomic E-state index is 0.125. The Hall–Kier alpha value is -0.680. The van der Waals surface area contributed by atoms with Gasteiger partial charge in [0.1, 0.15) is 0 Å². The molecule has 3 N–H and O–H groups in total. The van der Waals surface area contributed by atoms with Crippen molar-refractivity contribution >= 4 is 23.1 Å². The number of thiocarbonyl (C=S) groups is 1. The van der Waals surface area contributed by atoms with E-state index in [0.717, 1.165) is 32.5 Å². The average molecular weight is 243 g/mol. The molecule has 1 aliphatic heterocycles. The van der Waals surface area contributed by atoms with Crippen molar-refractivity contribution in [3.05, 3.63) is 0 Å². The Morgan fingerprint density at radius 3 is 3.00 bits per heavy atom. The Balaban J connectivity index is 2.26. The van der Waals surface area contributed by atoms with Gasteiger partial charge < -0.3 is 16.0 Å². The van der Waals surface area contributed by atoms with Crippen LogP contribution in [-0.4, -0.2) is 42.0 Å². The zero-order valence-electron chi connectivity index (χ0n) is 9.87. The number of nitrogens with one attached hydrogen (secondary N) is 1. The zero-order valence-corrected chi connectivity index (χ0v) is 10.7. The number of piperidine rings is 1. The van der Waals surface area contributed by atoms with E-state index in [0.29, 0.717) is 23.9 Å². The molecule has 4 nitrogen and oxygen atoms in total. The van der Waals surface area contributed by atoms with E-state index < -0.39 is 0 Å². The predicted molar refractivity (Wildman–Crippen MR) is 69.3 cm³/mol. The number of amides is 1. The first-order chi connectivity index (χ1) is 7.63. The number of hydrogen-bond acceptors (Lipinski definition) is 3. The molecule has 1 aliphatic rings. The fourth-order valence-corrected chi connectivity index (χ4v) is 2.23. The standard InChI is InChI=1S/C11H21N3OS/c1-2-13-10(15)5-7-14-6-3-4-9(8-14)11(12)16/h9H,2-8H2,1H3,(H2,12,16)(H,13,15). The molecule has 0 saturated carbocycles. The first kappa shape index (κ1) is 13.4. The second-order valence-electron chi connectivity index (χ2n) is 4.25. The summed E-state index contributed by atoms with van der Waals surface area (Å²) in [6.45, 7) is 5.41. The molecule has 0 bridgehead atoms.